The molecule has 0 saturated carbocycles. The molecule has 17 heavy (non-hydrogen) atoms. The average Bonchev–Trinajstić information content (AvgIpc) is 2.74. The van der Waals surface area contributed by atoms with Gasteiger partial charge in [0.05, 0.1) is 29.5 Å². The number of amides is 1. The van der Waals surface area contributed by atoms with Gasteiger partial charge in [0, 0.05) is 11.6 Å². The first-order chi connectivity index (χ1) is 7.88. The van der Waals surface area contributed by atoms with Crippen molar-refractivity contribution in [3.05, 3.63) is 16.6 Å². The van der Waals surface area contributed by atoms with Crippen LogP contribution in [0.1, 0.15) is 12.1 Å². The number of aromatic nitrogens is 1. The fourth-order valence-electron chi connectivity index (χ4n) is 1.11. The zero-order valence-corrected chi connectivity index (χ0v) is 11.1. The van der Waals surface area contributed by atoms with E-state index in [1.807, 2.05) is 5.38 Å². The molecule has 0 aliphatic carbocycles. The van der Waals surface area contributed by atoms with E-state index in [2.05, 4.69) is 10.3 Å². The summed E-state index contributed by atoms with van der Waals surface area (Å²) in [5.74, 6) is -0.445. The zero-order chi connectivity index (χ0) is 12.9. The highest BCUT2D eigenvalue weighted by Gasteiger charge is 2.15. The van der Waals surface area contributed by atoms with E-state index in [1.165, 1.54) is 11.3 Å². The predicted octanol–water partition coefficient (Wildman–Crippen LogP) is -0.479. The second kappa shape index (κ2) is 6.08. The summed E-state index contributed by atoms with van der Waals surface area (Å²) in [6.07, 6.45) is 1.24. The molecule has 1 aromatic rings. The van der Waals surface area contributed by atoms with E-state index in [1.54, 1.807) is 5.51 Å². The monoisotopic (exact) mass is 277 g/mol. The Kier molecular flexibility index (Phi) is 5.03. The summed E-state index contributed by atoms with van der Waals surface area (Å²) in [5, 5.41) is 4.43. The van der Waals surface area contributed by atoms with Gasteiger partial charge >= 0.3 is 0 Å². The van der Waals surface area contributed by atoms with Crippen LogP contribution in [-0.2, 0) is 21.2 Å². The van der Waals surface area contributed by atoms with E-state index in [9.17, 15) is 13.2 Å². The highest BCUT2D eigenvalue weighted by atomic mass is 32.2. The lowest BCUT2D eigenvalue weighted by molar-refractivity contribution is -0.122. The van der Waals surface area contributed by atoms with Crippen LogP contribution in [0.25, 0.3) is 0 Å². The van der Waals surface area contributed by atoms with E-state index >= 15 is 0 Å². The molecular weight excluding hydrogens is 262 g/mol. The second-order valence-electron chi connectivity index (χ2n) is 3.72. The molecular formula is C9H15N3O3S2. The number of sulfone groups is 1. The number of carbonyl (C=O) groups excluding carboxylic acids is 1. The van der Waals surface area contributed by atoms with Crippen LogP contribution in [-0.4, -0.2) is 37.4 Å². The molecule has 0 aliphatic rings. The molecule has 0 aromatic carbocycles. The molecule has 0 saturated heterocycles. The van der Waals surface area contributed by atoms with Gasteiger partial charge in [-0.25, -0.2) is 13.4 Å². The summed E-state index contributed by atoms with van der Waals surface area (Å²) in [5.41, 5.74) is 8.00. The molecule has 1 unspecified atom stereocenters. The largest absolute Gasteiger partial charge is 0.349 e. The first-order valence-corrected chi connectivity index (χ1v) is 7.97. The Balaban J connectivity index is 2.32. The van der Waals surface area contributed by atoms with E-state index in [4.69, 9.17) is 5.73 Å². The van der Waals surface area contributed by atoms with Crippen LogP contribution in [0.3, 0.4) is 0 Å². The third-order valence-electron chi connectivity index (χ3n) is 2.06. The normalized spacial score (nSPS) is 13.3. The van der Waals surface area contributed by atoms with Crippen molar-refractivity contribution in [1.82, 2.24) is 10.3 Å². The van der Waals surface area contributed by atoms with Crippen molar-refractivity contribution in [3.8, 4) is 0 Å². The number of hydrogen-bond donors (Lipinski definition) is 2. The maximum atomic E-state index is 11.5. The van der Waals surface area contributed by atoms with E-state index < -0.39 is 15.9 Å². The van der Waals surface area contributed by atoms with Gasteiger partial charge < -0.3 is 11.1 Å². The lowest BCUT2D eigenvalue weighted by Crippen LogP contribution is -2.41. The van der Waals surface area contributed by atoms with Crippen LogP contribution < -0.4 is 11.1 Å². The maximum absolute atomic E-state index is 11.5. The minimum Gasteiger partial charge on any atom is -0.349 e. The van der Waals surface area contributed by atoms with Crippen molar-refractivity contribution < 1.29 is 13.2 Å². The molecule has 1 atom stereocenters. The number of nitrogens with one attached hydrogen (secondary N) is 1. The number of nitrogens with zero attached hydrogens (tertiary/aromatic N) is 1. The highest BCUT2D eigenvalue weighted by Crippen LogP contribution is 2.00. The Morgan fingerprint density at radius 1 is 1.65 bits per heavy atom. The quantitative estimate of drug-likeness (QED) is 0.731. The van der Waals surface area contributed by atoms with Crippen LogP contribution in [0.2, 0.25) is 0 Å². The van der Waals surface area contributed by atoms with Gasteiger partial charge in [-0.3, -0.25) is 4.79 Å². The van der Waals surface area contributed by atoms with Gasteiger partial charge in [0.15, 0.2) is 0 Å². The Labute approximate surface area is 104 Å². The van der Waals surface area contributed by atoms with Gasteiger partial charge in [0.2, 0.25) is 5.91 Å². The lowest BCUT2D eigenvalue weighted by atomic mass is 10.2. The van der Waals surface area contributed by atoms with Crippen LogP contribution in [0.5, 0.6) is 0 Å². The van der Waals surface area contributed by atoms with Crippen molar-refractivity contribution >= 4 is 27.1 Å². The van der Waals surface area contributed by atoms with Crippen molar-refractivity contribution in [3.63, 3.8) is 0 Å². The highest BCUT2D eigenvalue weighted by molar-refractivity contribution is 7.90. The molecule has 1 heterocycles. The van der Waals surface area contributed by atoms with E-state index in [-0.39, 0.29) is 18.1 Å². The number of carbonyl (C=O) groups is 1. The van der Waals surface area contributed by atoms with Gasteiger partial charge in [-0.2, -0.15) is 0 Å². The molecule has 3 N–H and O–H groups in total. The molecule has 1 aromatic heterocycles. The second-order valence-corrected chi connectivity index (χ2v) is 6.70. The van der Waals surface area contributed by atoms with Crippen molar-refractivity contribution in [2.75, 3.05) is 12.0 Å². The van der Waals surface area contributed by atoms with Crippen molar-refractivity contribution in [1.29, 1.82) is 0 Å². The smallest absolute Gasteiger partial charge is 0.237 e. The maximum Gasteiger partial charge on any atom is 0.237 e. The summed E-state index contributed by atoms with van der Waals surface area (Å²) < 4.78 is 21.8. The van der Waals surface area contributed by atoms with Gasteiger partial charge in [-0.15, -0.1) is 11.3 Å². The SMILES string of the molecule is CS(=O)(=O)CCC(N)C(=O)NCc1cscn1. The molecule has 1 amide bonds. The molecule has 0 fully saturated rings. The fourth-order valence-corrected chi connectivity index (χ4v) is 2.35. The predicted molar refractivity (Wildman–Crippen MR) is 66.3 cm³/mol. The van der Waals surface area contributed by atoms with Gasteiger partial charge in [0.25, 0.3) is 0 Å². The summed E-state index contributed by atoms with van der Waals surface area (Å²) in [7, 11) is -3.08. The average molecular weight is 277 g/mol. The topological polar surface area (TPSA) is 102 Å². The first-order valence-electron chi connectivity index (χ1n) is 4.96. The summed E-state index contributed by atoms with van der Waals surface area (Å²) in [4.78, 5) is 15.5. The summed E-state index contributed by atoms with van der Waals surface area (Å²) in [6.45, 7) is 0.314. The first kappa shape index (κ1) is 14.1. The van der Waals surface area contributed by atoms with Gasteiger partial charge in [-0.1, -0.05) is 0 Å². The molecule has 6 nitrogen and oxygen atoms in total. The number of nitrogens with two attached hydrogens (primary N) is 1. The number of thiazole rings is 1. The lowest BCUT2D eigenvalue weighted by Gasteiger charge is -2.10. The van der Waals surface area contributed by atoms with Gasteiger partial charge in [0.1, 0.15) is 9.84 Å². The fraction of sp³-hybridized carbons (Fsp3) is 0.556. The van der Waals surface area contributed by atoms with Crippen LogP contribution in [0.15, 0.2) is 10.9 Å². The molecule has 0 bridgehead atoms. The summed E-state index contributed by atoms with van der Waals surface area (Å²) in [6, 6.07) is -0.802. The van der Waals surface area contributed by atoms with Crippen LogP contribution in [0.4, 0.5) is 0 Å². The van der Waals surface area contributed by atoms with Gasteiger partial charge in [-0.05, 0) is 6.42 Å². The molecule has 0 aliphatic heterocycles. The van der Waals surface area contributed by atoms with Crippen molar-refractivity contribution in [2.24, 2.45) is 5.73 Å². The minimum atomic E-state index is -3.08. The van der Waals surface area contributed by atoms with E-state index in [0.29, 0.717) is 6.54 Å². The molecule has 8 heteroatoms. The Bertz CT molecular complexity index is 456. The minimum absolute atomic E-state index is 0.0850. The number of rotatable bonds is 6. The van der Waals surface area contributed by atoms with E-state index in [0.717, 1.165) is 11.9 Å². The zero-order valence-electron chi connectivity index (χ0n) is 9.42. The number of hydrogen-bond acceptors (Lipinski definition) is 6. The van der Waals surface area contributed by atoms with Crippen LogP contribution >= 0.6 is 11.3 Å². The Morgan fingerprint density at radius 3 is 2.88 bits per heavy atom. The molecule has 96 valence electrons. The molecule has 0 radical (unpaired) electrons. The van der Waals surface area contributed by atoms with Crippen molar-refractivity contribution in [2.45, 2.75) is 19.0 Å². The molecule has 1 rings (SSSR count). The third kappa shape index (κ3) is 5.76. The molecule has 0 spiro atoms. The Morgan fingerprint density at radius 2 is 2.35 bits per heavy atom. The standard InChI is InChI=1S/C9H15N3O3S2/c1-17(14,15)3-2-8(10)9(13)11-4-7-5-16-6-12-7/h5-6,8H,2-4,10H2,1H3,(H,11,13). The summed E-state index contributed by atoms with van der Waals surface area (Å²) >= 11 is 1.44. The van der Waals surface area contributed by atoms with Crippen LogP contribution in [0, 0.1) is 0 Å². The Hall–Kier alpha value is -0.990. The third-order valence-corrected chi connectivity index (χ3v) is 3.68.